The van der Waals surface area contributed by atoms with Crippen molar-refractivity contribution < 1.29 is 9.59 Å². The van der Waals surface area contributed by atoms with Gasteiger partial charge in [0.25, 0.3) is 5.91 Å². The van der Waals surface area contributed by atoms with E-state index in [-0.39, 0.29) is 18.3 Å². The number of rotatable bonds is 3. The maximum atomic E-state index is 13.1. The lowest BCUT2D eigenvalue weighted by Gasteiger charge is -2.28. The minimum Gasteiger partial charge on any atom is -0.323 e. The molecule has 1 N–H and O–H groups in total. The molecule has 2 amide bonds. The molecule has 4 rings (SSSR count). The van der Waals surface area contributed by atoms with E-state index in [1.807, 2.05) is 43.3 Å². The molecule has 0 aliphatic carbocycles. The highest BCUT2D eigenvalue weighted by Crippen LogP contribution is 2.30. The summed E-state index contributed by atoms with van der Waals surface area (Å²) in [5.41, 5.74) is 3.27. The van der Waals surface area contributed by atoms with Gasteiger partial charge >= 0.3 is 0 Å². The average Bonchev–Trinajstić information content (AvgIpc) is 3.08. The van der Waals surface area contributed by atoms with E-state index in [4.69, 9.17) is 0 Å². The van der Waals surface area contributed by atoms with E-state index in [0.717, 1.165) is 11.3 Å². The Morgan fingerprint density at radius 2 is 1.75 bits per heavy atom. The molecule has 0 fully saturated rings. The normalized spacial score (nSPS) is 13.4. The molecule has 1 aromatic heterocycles. The Balaban J connectivity index is 1.74. The Labute approximate surface area is 163 Å². The number of carbonyl (C=O) groups excluding carboxylic acids is 2. The Bertz CT molecular complexity index is 1070. The first kappa shape index (κ1) is 17.9. The molecule has 0 unspecified atom stereocenters. The largest absolute Gasteiger partial charge is 0.323 e. The van der Waals surface area contributed by atoms with Crippen LogP contribution < -0.4 is 10.2 Å². The summed E-state index contributed by atoms with van der Waals surface area (Å²) in [7, 11) is 0. The van der Waals surface area contributed by atoms with Crippen LogP contribution in [0.2, 0.25) is 0 Å². The number of nitrogens with one attached hydrogen (secondary N) is 1. The SMILES string of the molecule is Cc1nc(C(=O)N2CC(=O)Nc3ccccc32)nn1-c1ccccc1C(C)C. The van der Waals surface area contributed by atoms with Gasteiger partial charge in [-0.05, 0) is 36.6 Å². The van der Waals surface area contributed by atoms with Gasteiger partial charge in [-0.2, -0.15) is 0 Å². The maximum Gasteiger partial charge on any atom is 0.298 e. The van der Waals surface area contributed by atoms with Gasteiger partial charge in [-0.15, -0.1) is 5.10 Å². The standard InChI is InChI=1S/C21H21N5O2/c1-13(2)15-8-4-6-10-17(15)26-14(3)22-20(24-26)21(28)25-12-19(27)23-16-9-5-7-11-18(16)25/h4-11,13H,12H2,1-3H3,(H,23,27). The molecule has 0 bridgehead atoms. The minimum absolute atomic E-state index is 0.0635. The van der Waals surface area contributed by atoms with Crippen LogP contribution in [0, 0.1) is 6.92 Å². The van der Waals surface area contributed by atoms with Crippen LogP contribution in [0.15, 0.2) is 48.5 Å². The molecule has 7 heteroatoms. The fourth-order valence-electron chi connectivity index (χ4n) is 3.41. The van der Waals surface area contributed by atoms with Crippen LogP contribution in [0.1, 0.15) is 41.8 Å². The lowest BCUT2D eigenvalue weighted by Crippen LogP contribution is -2.42. The highest BCUT2D eigenvalue weighted by Gasteiger charge is 2.30. The number of carbonyl (C=O) groups is 2. The number of amides is 2. The zero-order chi connectivity index (χ0) is 19.8. The molecule has 1 aliphatic heterocycles. The first-order valence-corrected chi connectivity index (χ1v) is 9.19. The summed E-state index contributed by atoms with van der Waals surface area (Å²) in [6.45, 7) is 5.98. The first-order valence-electron chi connectivity index (χ1n) is 9.19. The summed E-state index contributed by atoms with van der Waals surface area (Å²) in [6.07, 6.45) is 0. The third-order valence-electron chi connectivity index (χ3n) is 4.76. The van der Waals surface area contributed by atoms with Crippen molar-refractivity contribution in [2.24, 2.45) is 0 Å². The van der Waals surface area contributed by atoms with Crippen LogP contribution in [0.5, 0.6) is 0 Å². The monoisotopic (exact) mass is 375 g/mol. The lowest BCUT2D eigenvalue weighted by atomic mass is 10.0. The van der Waals surface area contributed by atoms with Crippen LogP contribution in [-0.2, 0) is 4.79 Å². The lowest BCUT2D eigenvalue weighted by molar-refractivity contribution is -0.115. The highest BCUT2D eigenvalue weighted by atomic mass is 16.2. The van der Waals surface area contributed by atoms with E-state index < -0.39 is 5.91 Å². The van der Waals surface area contributed by atoms with Crippen molar-refractivity contribution in [3.63, 3.8) is 0 Å². The fraction of sp³-hybridized carbons (Fsp3) is 0.238. The Hall–Kier alpha value is -3.48. The van der Waals surface area contributed by atoms with Gasteiger partial charge in [-0.3, -0.25) is 14.5 Å². The molecule has 2 aromatic carbocycles. The van der Waals surface area contributed by atoms with E-state index in [9.17, 15) is 9.59 Å². The molecule has 0 spiro atoms. The predicted octanol–water partition coefficient (Wildman–Crippen LogP) is 3.30. The number of aromatic nitrogens is 3. The summed E-state index contributed by atoms with van der Waals surface area (Å²) >= 11 is 0. The van der Waals surface area contributed by atoms with E-state index in [0.29, 0.717) is 23.1 Å². The summed E-state index contributed by atoms with van der Waals surface area (Å²) < 4.78 is 1.69. The topological polar surface area (TPSA) is 80.1 Å². The second-order valence-electron chi connectivity index (χ2n) is 7.06. The van der Waals surface area contributed by atoms with Crippen molar-refractivity contribution >= 4 is 23.2 Å². The van der Waals surface area contributed by atoms with Gasteiger partial charge < -0.3 is 5.32 Å². The minimum atomic E-state index is -0.397. The number of hydrogen-bond acceptors (Lipinski definition) is 4. The molecule has 28 heavy (non-hydrogen) atoms. The van der Waals surface area contributed by atoms with Gasteiger partial charge in [0.1, 0.15) is 12.4 Å². The van der Waals surface area contributed by atoms with Crippen molar-refractivity contribution in [3.8, 4) is 5.69 Å². The third-order valence-corrected chi connectivity index (χ3v) is 4.76. The van der Waals surface area contributed by atoms with Gasteiger partial charge in [-0.1, -0.05) is 44.2 Å². The van der Waals surface area contributed by atoms with Gasteiger partial charge in [-0.25, -0.2) is 9.67 Å². The molecule has 142 valence electrons. The Kier molecular flexibility index (Phi) is 4.43. The third kappa shape index (κ3) is 3.05. The van der Waals surface area contributed by atoms with Crippen LogP contribution in [0.4, 0.5) is 11.4 Å². The van der Waals surface area contributed by atoms with E-state index in [2.05, 4.69) is 29.2 Å². The summed E-state index contributed by atoms with van der Waals surface area (Å²) in [5, 5.41) is 7.26. The second kappa shape index (κ2) is 6.92. The van der Waals surface area contributed by atoms with Gasteiger partial charge in [0.05, 0.1) is 17.1 Å². The molecule has 0 atom stereocenters. The number of fused-ring (bicyclic) bond motifs is 1. The molecule has 0 saturated heterocycles. The number of para-hydroxylation sites is 3. The number of benzene rings is 2. The smallest absolute Gasteiger partial charge is 0.298 e. The van der Waals surface area contributed by atoms with Crippen molar-refractivity contribution in [1.82, 2.24) is 14.8 Å². The first-order chi connectivity index (χ1) is 13.5. The summed E-state index contributed by atoms with van der Waals surface area (Å²) in [4.78, 5) is 31.0. The van der Waals surface area contributed by atoms with Gasteiger partial charge in [0, 0.05) is 0 Å². The van der Waals surface area contributed by atoms with Crippen molar-refractivity contribution in [2.75, 3.05) is 16.8 Å². The second-order valence-corrected chi connectivity index (χ2v) is 7.06. The number of aryl methyl sites for hydroxylation is 1. The number of anilines is 2. The van der Waals surface area contributed by atoms with Crippen molar-refractivity contribution in [1.29, 1.82) is 0 Å². The Morgan fingerprint density at radius 3 is 2.50 bits per heavy atom. The van der Waals surface area contributed by atoms with Crippen LogP contribution in [0.25, 0.3) is 5.69 Å². The highest BCUT2D eigenvalue weighted by molar-refractivity contribution is 6.13. The van der Waals surface area contributed by atoms with Crippen molar-refractivity contribution in [2.45, 2.75) is 26.7 Å². The predicted molar refractivity (Wildman–Crippen MR) is 107 cm³/mol. The zero-order valence-electron chi connectivity index (χ0n) is 16.0. The van der Waals surface area contributed by atoms with Crippen LogP contribution >= 0.6 is 0 Å². The van der Waals surface area contributed by atoms with Gasteiger partial charge in [0.15, 0.2) is 0 Å². The van der Waals surface area contributed by atoms with Crippen LogP contribution in [0.3, 0.4) is 0 Å². The maximum absolute atomic E-state index is 13.1. The van der Waals surface area contributed by atoms with E-state index >= 15 is 0 Å². The van der Waals surface area contributed by atoms with E-state index in [1.54, 1.807) is 16.8 Å². The molecular formula is C21H21N5O2. The molecule has 1 aliphatic rings. The van der Waals surface area contributed by atoms with Crippen LogP contribution in [-0.4, -0.2) is 33.1 Å². The fourth-order valence-corrected chi connectivity index (χ4v) is 3.41. The molecule has 0 radical (unpaired) electrons. The molecule has 2 heterocycles. The molecule has 0 saturated carbocycles. The number of nitrogens with zero attached hydrogens (tertiary/aromatic N) is 4. The van der Waals surface area contributed by atoms with Gasteiger partial charge in [0.2, 0.25) is 11.7 Å². The summed E-state index contributed by atoms with van der Waals surface area (Å²) in [5.74, 6) is 0.350. The Morgan fingerprint density at radius 1 is 1.07 bits per heavy atom. The number of hydrogen-bond donors (Lipinski definition) is 1. The summed E-state index contributed by atoms with van der Waals surface area (Å²) in [6, 6.07) is 15.1. The van der Waals surface area contributed by atoms with E-state index in [1.165, 1.54) is 4.90 Å². The zero-order valence-corrected chi connectivity index (χ0v) is 16.0. The quantitative estimate of drug-likeness (QED) is 0.762. The molecular weight excluding hydrogens is 354 g/mol. The molecule has 7 nitrogen and oxygen atoms in total. The molecule has 3 aromatic rings. The average molecular weight is 375 g/mol. The van der Waals surface area contributed by atoms with Crippen molar-refractivity contribution in [3.05, 3.63) is 65.7 Å².